The number of benzene rings is 3. The van der Waals surface area contributed by atoms with Crippen molar-refractivity contribution in [2.24, 2.45) is 5.92 Å². The quantitative estimate of drug-likeness (QED) is 0.255. The molecule has 4 heterocycles. The van der Waals surface area contributed by atoms with Crippen molar-refractivity contribution in [3.8, 4) is 0 Å². The number of hydrogen-bond donors (Lipinski definition) is 1. The van der Waals surface area contributed by atoms with Crippen LogP contribution < -0.4 is 10.2 Å². The van der Waals surface area contributed by atoms with E-state index in [-0.39, 0.29) is 28.1 Å². The summed E-state index contributed by atoms with van der Waals surface area (Å²) in [7, 11) is 0. The molecule has 3 aliphatic rings. The number of para-hydroxylation sites is 2. The van der Waals surface area contributed by atoms with Gasteiger partial charge in [0.1, 0.15) is 11.5 Å². The Balaban J connectivity index is 1.57. The van der Waals surface area contributed by atoms with Crippen LogP contribution in [0.25, 0.3) is 5.57 Å². The normalized spacial score (nSPS) is 24.3. The van der Waals surface area contributed by atoms with Crippen LogP contribution in [0.15, 0.2) is 90.3 Å². The molecule has 3 aliphatic heterocycles. The third-order valence-corrected chi connectivity index (χ3v) is 9.83. The first-order valence-corrected chi connectivity index (χ1v) is 14.5. The second-order valence-corrected chi connectivity index (χ2v) is 12.1. The zero-order valence-electron chi connectivity index (χ0n) is 21.2. The molecule has 5 nitrogen and oxygen atoms in total. The molecular formula is C32H22Cl2N2O3S. The predicted octanol–water partition coefficient (Wildman–Crippen LogP) is 7.30. The van der Waals surface area contributed by atoms with Crippen LogP contribution in [0.3, 0.4) is 0 Å². The summed E-state index contributed by atoms with van der Waals surface area (Å²) in [5.74, 6) is -1.97. The zero-order valence-corrected chi connectivity index (χ0v) is 23.6. The van der Waals surface area contributed by atoms with Crippen molar-refractivity contribution < 1.29 is 14.4 Å². The first kappa shape index (κ1) is 25.3. The van der Waals surface area contributed by atoms with Crippen LogP contribution in [0.2, 0.25) is 10.0 Å². The second-order valence-electron chi connectivity index (χ2n) is 10.3. The van der Waals surface area contributed by atoms with E-state index in [0.717, 1.165) is 16.8 Å². The van der Waals surface area contributed by atoms with Gasteiger partial charge in [-0.2, -0.15) is 0 Å². The average Bonchev–Trinajstić information content (AvgIpc) is 3.65. The lowest BCUT2D eigenvalue weighted by molar-refractivity contribution is -0.121. The van der Waals surface area contributed by atoms with E-state index in [1.54, 1.807) is 18.2 Å². The molecule has 4 aromatic rings. The number of hydrogen-bond acceptors (Lipinski definition) is 5. The van der Waals surface area contributed by atoms with Crippen molar-refractivity contribution in [2.45, 2.75) is 24.4 Å². The Kier molecular flexibility index (Phi) is 5.79. The van der Waals surface area contributed by atoms with E-state index >= 15 is 0 Å². The second kappa shape index (κ2) is 9.16. The first-order valence-electron chi connectivity index (χ1n) is 12.9. The highest BCUT2D eigenvalue weighted by atomic mass is 35.5. The van der Waals surface area contributed by atoms with E-state index in [1.807, 2.05) is 77.9 Å². The lowest BCUT2D eigenvalue weighted by Crippen LogP contribution is -2.51. The third-order valence-electron chi connectivity index (χ3n) is 8.40. The highest BCUT2D eigenvalue weighted by Crippen LogP contribution is 2.59. The van der Waals surface area contributed by atoms with E-state index in [4.69, 9.17) is 23.2 Å². The smallest absolute Gasteiger partial charge is 0.238 e. The minimum absolute atomic E-state index is 0.179. The monoisotopic (exact) mass is 584 g/mol. The zero-order chi connectivity index (χ0) is 27.8. The van der Waals surface area contributed by atoms with Gasteiger partial charge in [0.05, 0.1) is 21.9 Å². The number of rotatable bonds is 4. The number of nitrogens with zero attached hydrogens (tertiary/aromatic N) is 1. The van der Waals surface area contributed by atoms with Crippen molar-refractivity contribution in [1.82, 2.24) is 0 Å². The number of anilines is 2. The van der Waals surface area contributed by atoms with Crippen LogP contribution in [-0.4, -0.2) is 29.6 Å². The fraction of sp³-hybridized carbons (Fsp3) is 0.156. The summed E-state index contributed by atoms with van der Waals surface area (Å²) in [6.45, 7) is 2.00. The molecule has 0 unspecified atom stereocenters. The maximum Gasteiger partial charge on any atom is 0.238 e. The van der Waals surface area contributed by atoms with E-state index < -0.39 is 23.4 Å². The molecule has 1 saturated heterocycles. The van der Waals surface area contributed by atoms with Crippen LogP contribution in [-0.2, 0) is 10.2 Å². The fourth-order valence-corrected chi connectivity index (χ4v) is 8.01. The molecule has 8 heteroatoms. The Hall–Kier alpha value is -3.71. The Bertz CT molecular complexity index is 1770. The van der Waals surface area contributed by atoms with Crippen molar-refractivity contribution in [1.29, 1.82) is 0 Å². The molecule has 40 heavy (non-hydrogen) atoms. The Morgan fingerprint density at radius 1 is 0.950 bits per heavy atom. The van der Waals surface area contributed by atoms with Crippen molar-refractivity contribution >= 4 is 69.0 Å². The predicted molar refractivity (Wildman–Crippen MR) is 160 cm³/mol. The van der Waals surface area contributed by atoms with Crippen molar-refractivity contribution in [3.05, 3.63) is 122 Å². The van der Waals surface area contributed by atoms with E-state index in [2.05, 4.69) is 5.32 Å². The van der Waals surface area contributed by atoms with Gasteiger partial charge in [0.15, 0.2) is 11.6 Å². The van der Waals surface area contributed by atoms with Crippen LogP contribution in [0, 0.1) is 5.92 Å². The standard InChI is InChI=1S/C32H22Cl2N2O3S/c1-17-15-26-32(21-8-3-4-9-23(21)35-31(32)39)27(29(37)20-13-12-18(33)16-22(20)34)28(30(38)25-11-6-14-40-25)36(26)24-10-5-2-7-19(17)24/h2-16,26-28H,1H3,(H,35,39)/t26-,27+,28+,32-/m1/s1. The molecular weight excluding hydrogens is 563 g/mol. The highest BCUT2D eigenvalue weighted by molar-refractivity contribution is 7.12. The van der Waals surface area contributed by atoms with Crippen LogP contribution >= 0.6 is 34.5 Å². The SMILES string of the molecule is CC1=C[C@H]2N(c3ccccc31)[C@H](C(=O)c1cccs1)[C@@H](C(=O)c1ccc(Cl)cc1Cl)[C@]21C(=O)Nc2ccccc21. The third kappa shape index (κ3) is 3.36. The topological polar surface area (TPSA) is 66.5 Å². The summed E-state index contributed by atoms with van der Waals surface area (Å²) >= 11 is 14.1. The van der Waals surface area contributed by atoms with Gasteiger partial charge in [-0.25, -0.2) is 0 Å². The number of carbonyl (C=O) groups is 3. The van der Waals surface area contributed by atoms with E-state index in [1.165, 1.54) is 17.4 Å². The van der Waals surface area contributed by atoms with Gasteiger partial charge in [-0.3, -0.25) is 14.4 Å². The lowest BCUT2D eigenvalue weighted by atomic mass is 9.64. The number of Topliss-reactive ketones (excluding diaryl/α,β-unsaturated/α-hetero) is 2. The van der Waals surface area contributed by atoms with Gasteiger partial charge in [-0.1, -0.05) is 71.7 Å². The van der Waals surface area contributed by atoms with Gasteiger partial charge in [0.2, 0.25) is 5.91 Å². The summed E-state index contributed by atoms with van der Waals surface area (Å²) < 4.78 is 0. The Morgan fingerprint density at radius 3 is 2.50 bits per heavy atom. The Labute approximate surface area is 245 Å². The van der Waals surface area contributed by atoms with Crippen molar-refractivity contribution in [3.63, 3.8) is 0 Å². The number of carbonyl (C=O) groups excluding carboxylic acids is 3. The molecule has 1 N–H and O–H groups in total. The van der Waals surface area contributed by atoms with Gasteiger partial charge in [-0.15, -0.1) is 11.3 Å². The first-order chi connectivity index (χ1) is 19.3. The lowest BCUT2D eigenvalue weighted by Gasteiger charge is -2.39. The van der Waals surface area contributed by atoms with Gasteiger partial charge in [0, 0.05) is 27.5 Å². The summed E-state index contributed by atoms with van der Waals surface area (Å²) in [4.78, 5) is 46.2. The highest BCUT2D eigenvalue weighted by Gasteiger charge is 2.70. The minimum atomic E-state index is -1.39. The molecule has 3 aromatic carbocycles. The van der Waals surface area contributed by atoms with Crippen molar-refractivity contribution in [2.75, 3.05) is 10.2 Å². The largest absolute Gasteiger partial charge is 0.352 e. The number of nitrogens with one attached hydrogen (secondary N) is 1. The minimum Gasteiger partial charge on any atom is -0.352 e. The molecule has 1 fully saturated rings. The van der Waals surface area contributed by atoms with Gasteiger partial charge in [-0.05, 0) is 59.8 Å². The number of thiophene rings is 1. The molecule has 4 atom stereocenters. The molecule has 198 valence electrons. The van der Waals surface area contributed by atoms with Gasteiger partial charge >= 0.3 is 0 Å². The van der Waals surface area contributed by atoms with E-state index in [0.29, 0.717) is 21.2 Å². The molecule has 1 spiro atoms. The molecule has 0 saturated carbocycles. The maximum absolute atomic E-state index is 14.8. The molecule has 0 aliphatic carbocycles. The number of halogens is 2. The van der Waals surface area contributed by atoms with Crippen LogP contribution in [0.1, 0.15) is 38.1 Å². The molecule has 7 rings (SSSR count). The van der Waals surface area contributed by atoms with Gasteiger partial charge < -0.3 is 10.2 Å². The fourth-order valence-electron chi connectivity index (χ4n) is 6.81. The molecule has 1 aromatic heterocycles. The number of fused-ring (bicyclic) bond motifs is 6. The molecule has 0 bridgehead atoms. The van der Waals surface area contributed by atoms with Crippen LogP contribution in [0.4, 0.5) is 11.4 Å². The molecule has 0 radical (unpaired) electrons. The maximum atomic E-state index is 14.8. The Morgan fingerprint density at radius 2 is 1.73 bits per heavy atom. The average molecular weight is 586 g/mol. The summed E-state index contributed by atoms with van der Waals surface area (Å²) in [5.41, 5.74) is 2.94. The van der Waals surface area contributed by atoms with Gasteiger partial charge in [0.25, 0.3) is 0 Å². The molecule has 1 amide bonds. The summed E-state index contributed by atoms with van der Waals surface area (Å²) in [6, 6.07) is 22.0. The summed E-state index contributed by atoms with van der Waals surface area (Å²) in [6.07, 6.45) is 2.04. The summed E-state index contributed by atoms with van der Waals surface area (Å²) in [5, 5.41) is 5.46. The number of allylic oxidation sites excluding steroid dienone is 1. The number of ketones is 2. The van der Waals surface area contributed by atoms with E-state index in [9.17, 15) is 14.4 Å². The van der Waals surface area contributed by atoms with Crippen LogP contribution in [0.5, 0.6) is 0 Å². The number of amides is 1.